The van der Waals surface area contributed by atoms with Gasteiger partial charge in [0.1, 0.15) is 0 Å². The molecule has 2 aliphatic heterocycles. The fourth-order valence-electron chi connectivity index (χ4n) is 3.01. The molecule has 0 bridgehead atoms. The van der Waals surface area contributed by atoms with Gasteiger partial charge >= 0.3 is 0 Å². The summed E-state index contributed by atoms with van der Waals surface area (Å²) in [6, 6.07) is 7.69. The lowest BCUT2D eigenvalue weighted by atomic mass is 10.1. The van der Waals surface area contributed by atoms with Crippen LogP contribution in [0.3, 0.4) is 0 Å². The molecule has 2 atom stereocenters. The van der Waals surface area contributed by atoms with E-state index in [0.29, 0.717) is 11.7 Å². The van der Waals surface area contributed by atoms with Gasteiger partial charge in [-0.25, -0.2) is 8.42 Å². The first kappa shape index (κ1) is 17.2. The number of hydrogen-bond acceptors (Lipinski definition) is 4. The molecule has 128 valence electrons. The molecule has 0 spiro atoms. The second-order valence-corrected chi connectivity index (χ2v) is 9.55. The molecular weight excluding hydrogens is 344 g/mol. The third-order valence-electron chi connectivity index (χ3n) is 4.20. The molecule has 2 heterocycles. The van der Waals surface area contributed by atoms with Crippen molar-refractivity contribution in [2.24, 2.45) is 4.99 Å². The number of aryl methyl sites for hydroxylation is 1. The highest BCUT2D eigenvalue weighted by Crippen LogP contribution is 2.38. The van der Waals surface area contributed by atoms with Crippen LogP contribution in [-0.2, 0) is 21.1 Å². The quantitative estimate of drug-likeness (QED) is 0.763. The zero-order valence-electron chi connectivity index (χ0n) is 13.5. The maximum Gasteiger partial charge on any atom is 0.252 e. The molecule has 24 heavy (non-hydrogen) atoms. The van der Waals surface area contributed by atoms with Gasteiger partial charge in [0, 0.05) is 11.8 Å². The molecule has 2 aliphatic rings. The number of aliphatic imine (C=N–C) groups is 1. The van der Waals surface area contributed by atoms with Crippen molar-refractivity contribution >= 4 is 32.7 Å². The molecule has 2 saturated heterocycles. The maximum atomic E-state index is 12.3. The Hall–Kier alpha value is -1.60. The number of fused-ring (bicyclic) bond motifs is 1. The predicted molar refractivity (Wildman–Crippen MR) is 98.0 cm³/mol. The molecule has 7 heteroatoms. The average Bonchev–Trinajstić information content (AvgIpc) is 2.95. The molecule has 0 radical (unpaired) electrons. The molecule has 1 aromatic rings. The van der Waals surface area contributed by atoms with Gasteiger partial charge in [0.15, 0.2) is 15.0 Å². The smallest absolute Gasteiger partial charge is 0.252 e. The first-order valence-corrected chi connectivity index (χ1v) is 10.5. The minimum atomic E-state index is -3.00. The molecule has 1 amide bonds. The Morgan fingerprint density at radius 2 is 2.08 bits per heavy atom. The van der Waals surface area contributed by atoms with Crippen molar-refractivity contribution in [3.8, 4) is 0 Å². The van der Waals surface area contributed by atoms with E-state index in [9.17, 15) is 13.2 Å². The van der Waals surface area contributed by atoms with E-state index in [1.165, 1.54) is 11.8 Å². The molecule has 3 rings (SSSR count). The fourth-order valence-corrected chi connectivity index (χ4v) is 6.99. The molecule has 1 aromatic carbocycles. The van der Waals surface area contributed by atoms with Crippen LogP contribution in [0.1, 0.15) is 11.1 Å². The normalized spacial score (nSPS) is 26.5. The largest absolute Gasteiger partial charge is 0.342 e. The summed E-state index contributed by atoms with van der Waals surface area (Å²) in [4.78, 5) is 18.4. The molecule has 0 aliphatic carbocycles. The van der Waals surface area contributed by atoms with E-state index in [0.717, 1.165) is 11.1 Å². The number of hydrogen-bond donors (Lipinski definition) is 0. The summed E-state index contributed by atoms with van der Waals surface area (Å²) in [5, 5.41) is 0.581. The number of sulfone groups is 1. The van der Waals surface area contributed by atoms with Crippen LogP contribution < -0.4 is 0 Å². The van der Waals surface area contributed by atoms with Crippen molar-refractivity contribution in [2.75, 3.05) is 18.1 Å². The van der Waals surface area contributed by atoms with Gasteiger partial charge in [-0.05, 0) is 12.5 Å². The van der Waals surface area contributed by atoms with Gasteiger partial charge in [-0.2, -0.15) is 4.99 Å². The summed E-state index contributed by atoms with van der Waals surface area (Å²) in [5.74, 6) is 0.0726. The van der Waals surface area contributed by atoms with Gasteiger partial charge in [-0.3, -0.25) is 4.79 Å². The van der Waals surface area contributed by atoms with E-state index in [1.54, 1.807) is 6.08 Å². The summed E-state index contributed by atoms with van der Waals surface area (Å²) < 4.78 is 23.6. The number of amides is 1. The second-order valence-electron chi connectivity index (χ2n) is 6.19. The molecule has 2 fully saturated rings. The van der Waals surface area contributed by atoms with Gasteiger partial charge in [-0.15, -0.1) is 6.58 Å². The van der Waals surface area contributed by atoms with Gasteiger partial charge in [0.05, 0.1) is 24.0 Å². The Labute approximate surface area is 146 Å². The number of nitrogens with zero attached hydrogens (tertiary/aromatic N) is 2. The van der Waals surface area contributed by atoms with E-state index in [1.807, 2.05) is 36.1 Å². The van der Waals surface area contributed by atoms with Crippen molar-refractivity contribution in [1.29, 1.82) is 0 Å². The highest BCUT2D eigenvalue weighted by molar-refractivity contribution is 8.15. The topological polar surface area (TPSA) is 66.8 Å². The lowest BCUT2D eigenvalue weighted by Gasteiger charge is -2.22. The van der Waals surface area contributed by atoms with E-state index in [-0.39, 0.29) is 35.1 Å². The Balaban J connectivity index is 1.75. The van der Waals surface area contributed by atoms with Crippen LogP contribution in [0.15, 0.2) is 41.9 Å². The first-order valence-electron chi connectivity index (χ1n) is 7.79. The van der Waals surface area contributed by atoms with Crippen LogP contribution in [0.4, 0.5) is 0 Å². The van der Waals surface area contributed by atoms with Crippen molar-refractivity contribution in [1.82, 2.24) is 4.90 Å². The zero-order chi connectivity index (χ0) is 17.3. The van der Waals surface area contributed by atoms with Gasteiger partial charge in [0.25, 0.3) is 5.91 Å². The second kappa shape index (κ2) is 6.72. The van der Waals surface area contributed by atoms with E-state index < -0.39 is 9.84 Å². The Bertz CT molecular complexity index is 785. The fraction of sp³-hybridized carbons (Fsp3) is 0.412. The van der Waals surface area contributed by atoms with Crippen molar-refractivity contribution < 1.29 is 13.2 Å². The van der Waals surface area contributed by atoms with E-state index in [4.69, 9.17) is 0 Å². The Morgan fingerprint density at radius 3 is 2.75 bits per heavy atom. The highest BCUT2D eigenvalue weighted by atomic mass is 32.2. The Morgan fingerprint density at radius 1 is 1.38 bits per heavy atom. The SMILES string of the molecule is C=CCN1C(=NC(=O)Cc2ccc(C)cc2)SC2CS(=O)(=O)CC21. The molecule has 0 aromatic heterocycles. The summed E-state index contributed by atoms with van der Waals surface area (Å²) in [6.07, 6.45) is 1.97. The van der Waals surface area contributed by atoms with Crippen LogP contribution in [0, 0.1) is 6.92 Å². The van der Waals surface area contributed by atoms with Crippen LogP contribution in [0.5, 0.6) is 0 Å². The molecule has 2 unspecified atom stereocenters. The molecular formula is C17H20N2O3S2. The molecule has 0 saturated carbocycles. The minimum Gasteiger partial charge on any atom is -0.342 e. The van der Waals surface area contributed by atoms with Crippen LogP contribution in [-0.4, -0.2) is 53.7 Å². The monoisotopic (exact) mass is 364 g/mol. The number of rotatable bonds is 4. The van der Waals surface area contributed by atoms with Crippen LogP contribution >= 0.6 is 11.8 Å². The third-order valence-corrected chi connectivity index (χ3v) is 7.44. The molecule has 5 nitrogen and oxygen atoms in total. The summed E-state index contributed by atoms with van der Waals surface area (Å²) in [7, 11) is -3.00. The number of benzene rings is 1. The summed E-state index contributed by atoms with van der Waals surface area (Å²) in [5.41, 5.74) is 2.08. The number of carbonyl (C=O) groups is 1. The highest BCUT2D eigenvalue weighted by Gasteiger charge is 2.48. The lowest BCUT2D eigenvalue weighted by Crippen LogP contribution is -2.37. The summed E-state index contributed by atoms with van der Waals surface area (Å²) >= 11 is 1.40. The Kier molecular flexibility index (Phi) is 4.83. The maximum absolute atomic E-state index is 12.3. The number of thioether (sulfide) groups is 1. The number of amidine groups is 1. The lowest BCUT2D eigenvalue weighted by molar-refractivity contribution is -0.117. The van der Waals surface area contributed by atoms with Crippen molar-refractivity contribution in [3.05, 3.63) is 48.0 Å². The van der Waals surface area contributed by atoms with Gasteiger partial charge in [0.2, 0.25) is 0 Å². The first-order chi connectivity index (χ1) is 11.4. The zero-order valence-corrected chi connectivity index (χ0v) is 15.1. The van der Waals surface area contributed by atoms with E-state index >= 15 is 0 Å². The minimum absolute atomic E-state index is 0.0409. The van der Waals surface area contributed by atoms with Crippen LogP contribution in [0.2, 0.25) is 0 Å². The van der Waals surface area contributed by atoms with E-state index in [2.05, 4.69) is 11.6 Å². The van der Waals surface area contributed by atoms with Gasteiger partial charge < -0.3 is 4.90 Å². The van der Waals surface area contributed by atoms with Crippen LogP contribution in [0.25, 0.3) is 0 Å². The van der Waals surface area contributed by atoms with Gasteiger partial charge in [-0.1, -0.05) is 47.7 Å². The third kappa shape index (κ3) is 3.72. The van der Waals surface area contributed by atoms with Crippen molar-refractivity contribution in [2.45, 2.75) is 24.6 Å². The van der Waals surface area contributed by atoms with Crippen molar-refractivity contribution in [3.63, 3.8) is 0 Å². The number of carbonyl (C=O) groups excluding carboxylic acids is 1. The summed E-state index contributed by atoms with van der Waals surface area (Å²) in [6.45, 7) is 6.23. The standard InChI is InChI=1S/C17H20N2O3S2/c1-3-8-19-14-10-24(21,22)11-15(14)23-17(19)18-16(20)9-13-6-4-12(2)5-7-13/h3-7,14-15H,1,8-11H2,2H3. The predicted octanol–water partition coefficient (Wildman–Crippen LogP) is 1.82. The average molecular weight is 364 g/mol. The molecule has 0 N–H and O–H groups in total.